The average Bonchev–Trinajstić information content (AvgIpc) is 2.36. The molecule has 2 rings (SSSR count). The molecule has 1 aliphatic rings. The zero-order valence-electron chi connectivity index (χ0n) is 10.9. The molecule has 0 aromatic heterocycles. The molecule has 2 atom stereocenters. The summed E-state index contributed by atoms with van der Waals surface area (Å²) in [6, 6.07) is 5.59. The maximum atomic E-state index is 13.3. The summed E-state index contributed by atoms with van der Waals surface area (Å²) in [5, 5.41) is 3.58. The van der Waals surface area contributed by atoms with Crippen LogP contribution in [0.3, 0.4) is 0 Å². The first-order valence-corrected chi connectivity index (χ1v) is 7.67. The van der Waals surface area contributed by atoms with E-state index in [0.29, 0.717) is 12.0 Å². The van der Waals surface area contributed by atoms with Crippen LogP contribution < -0.4 is 5.32 Å². The Morgan fingerprint density at radius 1 is 1.33 bits per heavy atom. The smallest absolute Gasteiger partial charge is 0.123 e. The summed E-state index contributed by atoms with van der Waals surface area (Å²) in [6.07, 6.45) is 6.10. The Bertz CT molecular complexity index is 392. The van der Waals surface area contributed by atoms with E-state index in [2.05, 4.69) is 28.2 Å². The molecule has 3 heteroatoms. The summed E-state index contributed by atoms with van der Waals surface area (Å²) < 4.78 is 14.3. The number of hydrogen-bond acceptors (Lipinski definition) is 1. The molecule has 0 amide bonds. The van der Waals surface area contributed by atoms with Crippen LogP contribution in [0.1, 0.15) is 38.2 Å². The molecule has 100 valence electrons. The molecule has 1 N–H and O–H groups in total. The SMILES string of the molecule is CCNC1CCCCC1Cc1cc(F)ccc1Br. The predicted octanol–water partition coefficient (Wildman–Crippen LogP) is 4.30. The van der Waals surface area contributed by atoms with Crippen LogP contribution in [0.25, 0.3) is 0 Å². The third-order valence-electron chi connectivity index (χ3n) is 3.87. The predicted molar refractivity (Wildman–Crippen MR) is 77.2 cm³/mol. The van der Waals surface area contributed by atoms with Gasteiger partial charge in [-0.2, -0.15) is 0 Å². The second kappa shape index (κ2) is 6.67. The van der Waals surface area contributed by atoms with E-state index in [1.54, 1.807) is 6.07 Å². The van der Waals surface area contributed by atoms with Crippen molar-refractivity contribution in [2.45, 2.75) is 45.1 Å². The van der Waals surface area contributed by atoms with Gasteiger partial charge in [0, 0.05) is 10.5 Å². The monoisotopic (exact) mass is 313 g/mol. The zero-order chi connectivity index (χ0) is 13.0. The van der Waals surface area contributed by atoms with Gasteiger partial charge in [0.15, 0.2) is 0 Å². The van der Waals surface area contributed by atoms with E-state index in [-0.39, 0.29) is 5.82 Å². The van der Waals surface area contributed by atoms with Gasteiger partial charge in [0.2, 0.25) is 0 Å². The standard InChI is InChI=1S/C15H21BrFN/c1-2-18-15-6-4-3-5-11(15)9-12-10-13(17)7-8-14(12)16/h7-8,10-11,15,18H,2-6,9H2,1H3. The zero-order valence-corrected chi connectivity index (χ0v) is 12.5. The first-order valence-electron chi connectivity index (χ1n) is 6.88. The van der Waals surface area contributed by atoms with Gasteiger partial charge in [-0.1, -0.05) is 35.7 Å². The van der Waals surface area contributed by atoms with Crippen LogP contribution >= 0.6 is 15.9 Å². The highest BCUT2D eigenvalue weighted by molar-refractivity contribution is 9.10. The van der Waals surface area contributed by atoms with Crippen LogP contribution in [0.15, 0.2) is 22.7 Å². The van der Waals surface area contributed by atoms with E-state index in [4.69, 9.17) is 0 Å². The summed E-state index contributed by atoms with van der Waals surface area (Å²) >= 11 is 3.53. The lowest BCUT2D eigenvalue weighted by Gasteiger charge is -2.32. The molecule has 1 saturated carbocycles. The Balaban J connectivity index is 2.08. The molecule has 0 heterocycles. The molecule has 0 aliphatic heterocycles. The lowest BCUT2D eigenvalue weighted by molar-refractivity contribution is 0.264. The fourth-order valence-corrected chi connectivity index (χ4v) is 3.37. The maximum Gasteiger partial charge on any atom is 0.123 e. The first kappa shape index (κ1) is 14.0. The highest BCUT2D eigenvalue weighted by atomic mass is 79.9. The fraction of sp³-hybridized carbons (Fsp3) is 0.600. The normalized spacial score (nSPS) is 24.2. The molecule has 1 aromatic rings. The van der Waals surface area contributed by atoms with Crippen molar-refractivity contribution in [3.8, 4) is 0 Å². The van der Waals surface area contributed by atoms with Crippen LogP contribution in [0, 0.1) is 11.7 Å². The summed E-state index contributed by atoms with van der Waals surface area (Å²) in [4.78, 5) is 0. The Labute approximate surface area is 117 Å². The Morgan fingerprint density at radius 3 is 2.89 bits per heavy atom. The van der Waals surface area contributed by atoms with Crippen LogP contribution in [-0.2, 0) is 6.42 Å². The summed E-state index contributed by atoms with van der Waals surface area (Å²) in [5.74, 6) is 0.501. The van der Waals surface area contributed by atoms with Gasteiger partial charge in [-0.3, -0.25) is 0 Å². The minimum absolute atomic E-state index is 0.135. The largest absolute Gasteiger partial charge is 0.314 e. The highest BCUT2D eigenvalue weighted by Crippen LogP contribution is 2.30. The van der Waals surface area contributed by atoms with E-state index < -0.39 is 0 Å². The van der Waals surface area contributed by atoms with E-state index >= 15 is 0 Å². The van der Waals surface area contributed by atoms with Crippen molar-refractivity contribution in [1.29, 1.82) is 0 Å². The Kier molecular flexibility index (Phi) is 5.19. The van der Waals surface area contributed by atoms with Gasteiger partial charge in [-0.05, 0) is 55.5 Å². The molecule has 1 aliphatic carbocycles. The van der Waals surface area contributed by atoms with Crippen LogP contribution in [-0.4, -0.2) is 12.6 Å². The van der Waals surface area contributed by atoms with Crippen molar-refractivity contribution >= 4 is 15.9 Å². The molecule has 1 aromatic carbocycles. The summed E-state index contributed by atoms with van der Waals surface area (Å²) in [7, 11) is 0. The third kappa shape index (κ3) is 3.55. The van der Waals surface area contributed by atoms with Crippen LogP contribution in [0.4, 0.5) is 4.39 Å². The van der Waals surface area contributed by atoms with Gasteiger partial charge < -0.3 is 5.32 Å². The summed E-state index contributed by atoms with van der Waals surface area (Å²) in [5.41, 5.74) is 1.10. The van der Waals surface area contributed by atoms with Crippen molar-refractivity contribution in [2.75, 3.05) is 6.54 Å². The van der Waals surface area contributed by atoms with E-state index in [0.717, 1.165) is 23.0 Å². The van der Waals surface area contributed by atoms with Crippen LogP contribution in [0.5, 0.6) is 0 Å². The second-order valence-corrected chi connectivity index (χ2v) is 6.00. The number of benzene rings is 1. The van der Waals surface area contributed by atoms with Gasteiger partial charge in [0.05, 0.1) is 0 Å². The highest BCUT2D eigenvalue weighted by Gasteiger charge is 2.25. The maximum absolute atomic E-state index is 13.3. The first-order chi connectivity index (χ1) is 8.70. The lowest BCUT2D eigenvalue weighted by Crippen LogP contribution is -2.39. The fourth-order valence-electron chi connectivity index (χ4n) is 2.97. The molecule has 0 bridgehead atoms. The third-order valence-corrected chi connectivity index (χ3v) is 4.64. The van der Waals surface area contributed by atoms with Gasteiger partial charge in [0.25, 0.3) is 0 Å². The van der Waals surface area contributed by atoms with E-state index in [1.807, 2.05) is 6.07 Å². The molecule has 0 radical (unpaired) electrons. The van der Waals surface area contributed by atoms with E-state index in [9.17, 15) is 4.39 Å². The molecule has 1 nitrogen and oxygen atoms in total. The molecule has 0 saturated heterocycles. The lowest BCUT2D eigenvalue weighted by atomic mass is 9.80. The van der Waals surface area contributed by atoms with Gasteiger partial charge in [-0.15, -0.1) is 0 Å². The molecular weight excluding hydrogens is 293 g/mol. The number of nitrogens with one attached hydrogen (secondary N) is 1. The quantitative estimate of drug-likeness (QED) is 0.874. The Morgan fingerprint density at radius 2 is 2.11 bits per heavy atom. The Hall–Kier alpha value is -0.410. The second-order valence-electron chi connectivity index (χ2n) is 5.15. The number of hydrogen-bond donors (Lipinski definition) is 1. The molecule has 2 unspecified atom stereocenters. The average molecular weight is 314 g/mol. The molecular formula is C15H21BrFN. The molecule has 1 fully saturated rings. The van der Waals surface area contributed by atoms with Crippen molar-refractivity contribution < 1.29 is 4.39 Å². The van der Waals surface area contributed by atoms with Crippen LogP contribution in [0.2, 0.25) is 0 Å². The van der Waals surface area contributed by atoms with Crippen molar-refractivity contribution in [3.05, 3.63) is 34.1 Å². The van der Waals surface area contributed by atoms with E-state index in [1.165, 1.54) is 31.7 Å². The topological polar surface area (TPSA) is 12.0 Å². The minimum Gasteiger partial charge on any atom is -0.314 e. The van der Waals surface area contributed by atoms with Crippen molar-refractivity contribution in [2.24, 2.45) is 5.92 Å². The minimum atomic E-state index is -0.135. The van der Waals surface area contributed by atoms with Gasteiger partial charge in [-0.25, -0.2) is 4.39 Å². The number of rotatable bonds is 4. The molecule has 0 spiro atoms. The van der Waals surface area contributed by atoms with Gasteiger partial charge in [0.1, 0.15) is 5.82 Å². The number of halogens is 2. The van der Waals surface area contributed by atoms with Crippen molar-refractivity contribution in [1.82, 2.24) is 5.32 Å². The van der Waals surface area contributed by atoms with Crippen molar-refractivity contribution in [3.63, 3.8) is 0 Å². The summed E-state index contributed by atoms with van der Waals surface area (Å²) in [6.45, 7) is 3.18. The molecule has 18 heavy (non-hydrogen) atoms. The van der Waals surface area contributed by atoms with Gasteiger partial charge >= 0.3 is 0 Å².